The van der Waals surface area contributed by atoms with E-state index in [4.69, 9.17) is 9.15 Å². The number of carbonyl (C=O) groups excluding carboxylic acids is 1. The Balaban J connectivity index is 1.50. The van der Waals surface area contributed by atoms with Crippen molar-refractivity contribution >= 4 is 27.8 Å². The van der Waals surface area contributed by atoms with Crippen LogP contribution in [0.5, 0.6) is 5.75 Å². The summed E-state index contributed by atoms with van der Waals surface area (Å²) < 4.78 is 11.4. The van der Waals surface area contributed by atoms with Gasteiger partial charge in [-0.15, -0.1) is 0 Å². The summed E-state index contributed by atoms with van der Waals surface area (Å²) in [6, 6.07) is 11.7. The highest BCUT2D eigenvalue weighted by molar-refractivity contribution is 5.88. The van der Waals surface area contributed by atoms with E-state index in [1.54, 1.807) is 0 Å². The predicted molar refractivity (Wildman–Crippen MR) is 136 cm³/mol. The summed E-state index contributed by atoms with van der Waals surface area (Å²) in [5.74, 6) is 0.440. The highest BCUT2D eigenvalue weighted by atomic mass is 16.5. The van der Waals surface area contributed by atoms with Crippen LogP contribution >= 0.6 is 0 Å². The van der Waals surface area contributed by atoms with Crippen molar-refractivity contribution in [2.24, 2.45) is 0 Å². The van der Waals surface area contributed by atoms with Crippen LogP contribution in [-0.4, -0.2) is 23.5 Å². The Kier molecular flexibility index (Phi) is 6.59. The van der Waals surface area contributed by atoms with Crippen molar-refractivity contribution in [3.8, 4) is 5.75 Å². The molecule has 6 heteroatoms. The molecule has 0 aliphatic rings. The molecule has 2 N–H and O–H groups in total. The van der Waals surface area contributed by atoms with Crippen molar-refractivity contribution in [3.05, 3.63) is 87.4 Å². The van der Waals surface area contributed by atoms with E-state index < -0.39 is 5.63 Å². The third-order valence-electron chi connectivity index (χ3n) is 6.07. The number of nitrogens with one attached hydrogen (secondary N) is 2. The third kappa shape index (κ3) is 4.76. The maximum Gasteiger partial charge on any atom is 0.340 e. The van der Waals surface area contributed by atoms with E-state index in [9.17, 15) is 9.59 Å². The molecule has 0 spiro atoms. The molecule has 2 heterocycles. The van der Waals surface area contributed by atoms with E-state index in [1.807, 2.05) is 64.2 Å². The van der Waals surface area contributed by atoms with Gasteiger partial charge in [0.15, 0.2) is 0 Å². The molecule has 0 fully saturated rings. The zero-order valence-electron chi connectivity index (χ0n) is 20.1. The van der Waals surface area contributed by atoms with E-state index in [2.05, 4.69) is 22.9 Å². The molecule has 2 aromatic carbocycles. The fourth-order valence-corrected chi connectivity index (χ4v) is 4.30. The van der Waals surface area contributed by atoms with Crippen molar-refractivity contribution < 1.29 is 13.9 Å². The Labute approximate surface area is 198 Å². The van der Waals surface area contributed by atoms with Crippen molar-refractivity contribution in [1.82, 2.24) is 10.3 Å². The number of hydrogen-bond donors (Lipinski definition) is 2. The zero-order valence-corrected chi connectivity index (χ0v) is 20.1. The Bertz CT molecular complexity index is 1440. The van der Waals surface area contributed by atoms with E-state index >= 15 is 0 Å². The lowest BCUT2D eigenvalue weighted by atomic mass is 10.0. The maximum atomic E-state index is 12.8. The molecular formula is C28H30N2O4. The number of para-hydroxylation sites is 1. The minimum Gasteiger partial charge on any atom is -0.489 e. The molecule has 0 aliphatic heterocycles. The molecule has 0 radical (unpaired) electrons. The number of ether oxygens (including phenoxy) is 1. The summed E-state index contributed by atoms with van der Waals surface area (Å²) in [5, 5.41) is 4.97. The van der Waals surface area contributed by atoms with Crippen molar-refractivity contribution in [3.63, 3.8) is 0 Å². The fourth-order valence-electron chi connectivity index (χ4n) is 4.30. The zero-order chi connectivity index (χ0) is 24.4. The van der Waals surface area contributed by atoms with E-state index in [1.165, 1.54) is 0 Å². The molecule has 4 rings (SSSR count). The summed E-state index contributed by atoms with van der Waals surface area (Å²) in [4.78, 5) is 28.9. The molecule has 1 amide bonds. The average Bonchev–Trinajstić information content (AvgIpc) is 3.19. The number of aromatic nitrogens is 1. The van der Waals surface area contributed by atoms with Crippen LogP contribution in [0.15, 0.2) is 64.0 Å². The summed E-state index contributed by atoms with van der Waals surface area (Å²) in [6.45, 7) is 11.8. The van der Waals surface area contributed by atoms with Crippen LogP contribution in [0.4, 0.5) is 0 Å². The molecule has 1 atom stereocenters. The number of H-pyrrole nitrogens is 1. The van der Waals surface area contributed by atoms with E-state index in [-0.39, 0.29) is 18.4 Å². The molecule has 0 saturated carbocycles. The normalized spacial score (nSPS) is 12.1. The quantitative estimate of drug-likeness (QED) is 0.283. The number of benzene rings is 2. The Morgan fingerprint density at radius 1 is 1.15 bits per heavy atom. The smallest absolute Gasteiger partial charge is 0.340 e. The first-order valence-corrected chi connectivity index (χ1v) is 11.4. The summed E-state index contributed by atoms with van der Waals surface area (Å²) in [7, 11) is 0. The molecule has 2 aromatic heterocycles. The SMILES string of the molecule is C=C(C)COc1ccc2c(C)c(CC(=O)N[C@@H](C)Cc3c[nH]c4ccccc34)c(=O)oc2c1C. The number of fused-ring (bicyclic) bond motifs is 2. The first-order valence-electron chi connectivity index (χ1n) is 11.4. The standard InChI is InChI=1S/C28H30N2O4/c1-16(2)15-33-25-11-10-21-18(4)23(28(32)34-27(21)19(25)5)13-26(31)30-17(3)12-20-14-29-24-9-7-6-8-22(20)24/h6-11,14,17,29H,1,12-13,15H2,2-5H3,(H,30,31)/t17-/m0/s1. The van der Waals surface area contributed by atoms with Crippen LogP contribution in [0.1, 0.15) is 36.1 Å². The molecule has 176 valence electrons. The van der Waals surface area contributed by atoms with Gasteiger partial charge in [0, 0.05) is 34.1 Å². The van der Waals surface area contributed by atoms with Gasteiger partial charge >= 0.3 is 5.63 Å². The lowest BCUT2D eigenvalue weighted by Gasteiger charge is -2.15. The minimum atomic E-state index is -0.496. The number of carbonyl (C=O) groups is 1. The first kappa shape index (κ1) is 23.4. The average molecular weight is 459 g/mol. The van der Waals surface area contributed by atoms with Crippen molar-refractivity contribution in [2.75, 3.05) is 6.61 Å². The lowest BCUT2D eigenvalue weighted by molar-refractivity contribution is -0.121. The lowest BCUT2D eigenvalue weighted by Crippen LogP contribution is -2.36. The van der Waals surface area contributed by atoms with Gasteiger partial charge in [0.05, 0.1) is 12.0 Å². The third-order valence-corrected chi connectivity index (χ3v) is 6.07. The Hall–Kier alpha value is -3.80. The first-order chi connectivity index (χ1) is 16.2. The van der Waals surface area contributed by atoms with Gasteiger partial charge in [0.25, 0.3) is 0 Å². The second-order valence-corrected chi connectivity index (χ2v) is 9.01. The molecule has 0 bridgehead atoms. The van der Waals surface area contributed by atoms with Gasteiger partial charge in [0.1, 0.15) is 17.9 Å². The molecule has 0 saturated heterocycles. The monoisotopic (exact) mass is 458 g/mol. The molecule has 0 unspecified atom stereocenters. The number of aryl methyl sites for hydroxylation is 2. The second-order valence-electron chi connectivity index (χ2n) is 9.01. The predicted octanol–water partition coefficient (Wildman–Crippen LogP) is 5.14. The van der Waals surface area contributed by atoms with Crippen LogP contribution in [-0.2, 0) is 17.6 Å². The van der Waals surface area contributed by atoms with Crippen LogP contribution in [0.25, 0.3) is 21.9 Å². The van der Waals surface area contributed by atoms with E-state index in [0.717, 1.165) is 38.6 Å². The number of amides is 1. The summed E-state index contributed by atoms with van der Waals surface area (Å²) in [6.07, 6.45) is 2.63. The molecule has 6 nitrogen and oxygen atoms in total. The Morgan fingerprint density at radius 2 is 1.91 bits per heavy atom. The van der Waals surface area contributed by atoms with Gasteiger partial charge < -0.3 is 19.5 Å². The number of hydrogen-bond acceptors (Lipinski definition) is 4. The maximum absolute atomic E-state index is 12.8. The van der Waals surface area contributed by atoms with E-state index in [0.29, 0.717) is 29.9 Å². The molecule has 4 aromatic rings. The van der Waals surface area contributed by atoms with Crippen LogP contribution in [0, 0.1) is 13.8 Å². The fraction of sp³-hybridized carbons (Fsp3) is 0.286. The minimum absolute atomic E-state index is 0.0325. The summed E-state index contributed by atoms with van der Waals surface area (Å²) in [5.41, 5.74) is 4.98. The van der Waals surface area contributed by atoms with Crippen LogP contribution < -0.4 is 15.7 Å². The summed E-state index contributed by atoms with van der Waals surface area (Å²) >= 11 is 0. The highest BCUT2D eigenvalue weighted by Gasteiger charge is 2.19. The molecule has 34 heavy (non-hydrogen) atoms. The van der Waals surface area contributed by atoms with Gasteiger partial charge in [0.2, 0.25) is 5.91 Å². The highest BCUT2D eigenvalue weighted by Crippen LogP contribution is 2.29. The van der Waals surface area contributed by atoms with Gasteiger partial charge in [-0.05, 0) is 69.0 Å². The Morgan fingerprint density at radius 3 is 2.68 bits per heavy atom. The molecule has 0 aliphatic carbocycles. The van der Waals surface area contributed by atoms with Gasteiger partial charge in [-0.3, -0.25) is 4.79 Å². The van der Waals surface area contributed by atoms with Gasteiger partial charge in [-0.25, -0.2) is 4.79 Å². The van der Waals surface area contributed by atoms with Crippen LogP contribution in [0.2, 0.25) is 0 Å². The van der Waals surface area contributed by atoms with Crippen molar-refractivity contribution in [1.29, 1.82) is 0 Å². The molecular weight excluding hydrogens is 428 g/mol. The number of aromatic amines is 1. The number of rotatable bonds is 8. The largest absolute Gasteiger partial charge is 0.489 e. The second kappa shape index (κ2) is 9.59. The van der Waals surface area contributed by atoms with Gasteiger partial charge in [-0.1, -0.05) is 24.8 Å². The van der Waals surface area contributed by atoms with Crippen molar-refractivity contribution in [2.45, 2.75) is 46.6 Å². The van der Waals surface area contributed by atoms with Crippen LogP contribution in [0.3, 0.4) is 0 Å². The van der Waals surface area contributed by atoms with Gasteiger partial charge in [-0.2, -0.15) is 0 Å². The topological polar surface area (TPSA) is 84.3 Å².